The number of benzene rings is 1. The number of hydrogen-bond acceptors (Lipinski definition) is 2. The highest BCUT2D eigenvalue weighted by Gasteiger charge is 2.13. The van der Waals surface area contributed by atoms with Gasteiger partial charge in [-0.05, 0) is 49.4 Å². The van der Waals surface area contributed by atoms with Crippen molar-refractivity contribution in [3.8, 4) is 0 Å². The van der Waals surface area contributed by atoms with Gasteiger partial charge in [-0.25, -0.2) is 0 Å². The Hall–Kier alpha value is -1.81. The first-order chi connectivity index (χ1) is 11.4. The molecule has 0 bridgehead atoms. The summed E-state index contributed by atoms with van der Waals surface area (Å²) in [6.45, 7) is 9.91. The molecule has 4 nitrogen and oxygen atoms in total. The van der Waals surface area contributed by atoms with Crippen LogP contribution in [0.3, 0.4) is 0 Å². The SMILES string of the molecule is Cc1nn(CC(C)C)c(C)c1CCC(=O)NCc1ccc(Cl)cc1. The Kier molecular flexibility index (Phi) is 6.44. The number of rotatable bonds is 7. The van der Waals surface area contributed by atoms with Crippen molar-refractivity contribution in [2.24, 2.45) is 5.92 Å². The second-order valence-corrected chi connectivity index (χ2v) is 7.06. The summed E-state index contributed by atoms with van der Waals surface area (Å²) in [6.07, 6.45) is 1.20. The highest BCUT2D eigenvalue weighted by Crippen LogP contribution is 2.16. The summed E-state index contributed by atoms with van der Waals surface area (Å²) in [5.74, 6) is 0.610. The van der Waals surface area contributed by atoms with Crippen molar-refractivity contribution in [1.82, 2.24) is 15.1 Å². The van der Waals surface area contributed by atoms with E-state index in [-0.39, 0.29) is 5.91 Å². The van der Waals surface area contributed by atoms with Crippen molar-refractivity contribution in [1.29, 1.82) is 0 Å². The van der Waals surface area contributed by atoms with Crippen molar-refractivity contribution in [3.05, 3.63) is 51.8 Å². The van der Waals surface area contributed by atoms with Crippen LogP contribution in [0.4, 0.5) is 0 Å². The minimum Gasteiger partial charge on any atom is -0.352 e. The molecule has 0 unspecified atom stereocenters. The molecule has 0 atom stereocenters. The Bertz CT molecular complexity index is 689. The van der Waals surface area contributed by atoms with Crippen molar-refractivity contribution >= 4 is 17.5 Å². The predicted octanol–water partition coefficient (Wildman–Crippen LogP) is 4.06. The van der Waals surface area contributed by atoms with Gasteiger partial charge < -0.3 is 5.32 Å². The number of amides is 1. The molecule has 130 valence electrons. The summed E-state index contributed by atoms with van der Waals surface area (Å²) in [6, 6.07) is 7.51. The molecule has 0 saturated carbocycles. The van der Waals surface area contributed by atoms with Crippen molar-refractivity contribution < 1.29 is 4.79 Å². The van der Waals surface area contributed by atoms with Crippen LogP contribution in [-0.4, -0.2) is 15.7 Å². The molecule has 1 amide bonds. The van der Waals surface area contributed by atoms with Crippen molar-refractivity contribution in [3.63, 3.8) is 0 Å². The van der Waals surface area contributed by atoms with Crippen LogP contribution >= 0.6 is 11.6 Å². The normalized spacial score (nSPS) is 11.1. The smallest absolute Gasteiger partial charge is 0.220 e. The maximum atomic E-state index is 12.1. The van der Waals surface area contributed by atoms with Gasteiger partial charge in [0.2, 0.25) is 5.91 Å². The second-order valence-electron chi connectivity index (χ2n) is 6.63. The van der Waals surface area contributed by atoms with Gasteiger partial charge in [0.1, 0.15) is 0 Å². The summed E-state index contributed by atoms with van der Waals surface area (Å²) in [5.41, 5.74) is 4.44. The molecule has 0 saturated heterocycles. The summed E-state index contributed by atoms with van der Waals surface area (Å²) >= 11 is 5.86. The summed E-state index contributed by atoms with van der Waals surface area (Å²) in [5, 5.41) is 8.26. The molecule has 24 heavy (non-hydrogen) atoms. The number of hydrogen-bond donors (Lipinski definition) is 1. The van der Waals surface area contributed by atoms with Crippen LogP contribution in [0.2, 0.25) is 5.02 Å². The van der Waals surface area contributed by atoms with E-state index >= 15 is 0 Å². The Labute approximate surface area is 149 Å². The molecule has 0 fully saturated rings. The molecule has 0 aliphatic rings. The fraction of sp³-hybridized carbons (Fsp3) is 0.474. The number of carbonyl (C=O) groups is 1. The zero-order chi connectivity index (χ0) is 17.7. The van der Waals surface area contributed by atoms with E-state index in [9.17, 15) is 4.79 Å². The first kappa shape index (κ1) is 18.5. The third-order valence-corrected chi connectivity index (χ3v) is 4.33. The molecule has 1 heterocycles. The lowest BCUT2D eigenvalue weighted by Crippen LogP contribution is -2.23. The molecule has 2 rings (SSSR count). The van der Waals surface area contributed by atoms with Crippen molar-refractivity contribution in [2.75, 3.05) is 0 Å². The summed E-state index contributed by atoms with van der Waals surface area (Å²) in [7, 11) is 0. The number of halogens is 1. The van der Waals surface area contributed by atoms with Crippen LogP contribution in [0.1, 0.15) is 42.8 Å². The average Bonchev–Trinajstić information content (AvgIpc) is 2.78. The first-order valence-electron chi connectivity index (χ1n) is 8.41. The largest absolute Gasteiger partial charge is 0.352 e. The van der Waals surface area contributed by atoms with Crippen LogP contribution in [0.25, 0.3) is 0 Å². The fourth-order valence-corrected chi connectivity index (χ4v) is 2.88. The molecule has 2 aromatic rings. The van der Waals surface area contributed by atoms with Gasteiger partial charge in [0.05, 0.1) is 5.69 Å². The minimum absolute atomic E-state index is 0.0559. The number of aromatic nitrogens is 2. The fourth-order valence-electron chi connectivity index (χ4n) is 2.75. The van der Waals surface area contributed by atoms with Gasteiger partial charge in [0.15, 0.2) is 0 Å². The Morgan fingerprint density at radius 1 is 1.25 bits per heavy atom. The van der Waals surface area contributed by atoms with E-state index in [4.69, 9.17) is 11.6 Å². The number of carbonyl (C=O) groups excluding carboxylic acids is 1. The topological polar surface area (TPSA) is 46.9 Å². The molecular weight excluding hydrogens is 322 g/mol. The van der Waals surface area contributed by atoms with Crippen LogP contribution in [0, 0.1) is 19.8 Å². The maximum Gasteiger partial charge on any atom is 0.220 e. The van der Waals surface area contributed by atoms with Gasteiger partial charge in [-0.1, -0.05) is 37.6 Å². The molecule has 0 spiro atoms. The van der Waals surface area contributed by atoms with E-state index in [2.05, 4.69) is 35.9 Å². The second kappa shape index (κ2) is 8.34. The van der Waals surface area contributed by atoms with Crippen molar-refractivity contribution in [2.45, 2.75) is 53.6 Å². The predicted molar refractivity (Wildman–Crippen MR) is 98.2 cm³/mol. The highest BCUT2D eigenvalue weighted by molar-refractivity contribution is 6.30. The van der Waals surface area contributed by atoms with Crippen LogP contribution in [-0.2, 0) is 24.3 Å². The van der Waals surface area contributed by atoms with Crippen LogP contribution in [0.15, 0.2) is 24.3 Å². The van der Waals surface area contributed by atoms with E-state index in [0.29, 0.717) is 23.9 Å². The Morgan fingerprint density at radius 2 is 1.92 bits per heavy atom. The van der Waals surface area contributed by atoms with E-state index in [0.717, 1.165) is 24.2 Å². The van der Waals surface area contributed by atoms with E-state index in [1.54, 1.807) is 0 Å². The summed E-state index contributed by atoms with van der Waals surface area (Å²) < 4.78 is 2.06. The highest BCUT2D eigenvalue weighted by atomic mass is 35.5. The Morgan fingerprint density at radius 3 is 2.54 bits per heavy atom. The maximum absolute atomic E-state index is 12.1. The lowest BCUT2D eigenvalue weighted by Gasteiger charge is -2.08. The lowest BCUT2D eigenvalue weighted by molar-refractivity contribution is -0.121. The molecule has 1 aromatic carbocycles. The number of aryl methyl sites for hydroxylation is 1. The van der Waals surface area contributed by atoms with Gasteiger partial charge in [-0.2, -0.15) is 5.10 Å². The van der Waals surface area contributed by atoms with Gasteiger partial charge in [-0.3, -0.25) is 9.48 Å². The van der Waals surface area contributed by atoms with Gasteiger partial charge in [-0.15, -0.1) is 0 Å². The molecule has 0 radical (unpaired) electrons. The van der Waals surface area contributed by atoms with E-state index in [1.165, 1.54) is 11.3 Å². The molecule has 0 aliphatic carbocycles. The van der Waals surface area contributed by atoms with Gasteiger partial charge >= 0.3 is 0 Å². The van der Waals surface area contributed by atoms with Gasteiger partial charge in [0, 0.05) is 30.2 Å². The molecule has 1 aromatic heterocycles. The van der Waals surface area contributed by atoms with E-state index < -0.39 is 0 Å². The molecule has 5 heteroatoms. The standard InChI is InChI=1S/C19H26ClN3O/c1-13(2)12-23-15(4)18(14(3)22-23)9-10-19(24)21-11-16-5-7-17(20)8-6-16/h5-8,13H,9-12H2,1-4H3,(H,21,24). The minimum atomic E-state index is 0.0559. The van der Waals surface area contributed by atoms with Crippen LogP contribution in [0.5, 0.6) is 0 Å². The van der Waals surface area contributed by atoms with E-state index in [1.807, 2.05) is 31.2 Å². The quantitative estimate of drug-likeness (QED) is 0.821. The molecular formula is C19H26ClN3O. The lowest BCUT2D eigenvalue weighted by atomic mass is 10.1. The summed E-state index contributed by atoms with van der Waals surface area (Å²) in [4.78, 5) is 12.1. The Balaban J connectivity index is 1.87. The number of nitrogens with zero attached hydrogens (tertiary/aromatic N) is 2. The monoisotopic (exact) mass is 347 g/mol. The molecule has 0 aliphatic heterocycles. The molecule has 1 N–H and O–H groups in total. The third-order valence-electron chi connectivity index (χ3n) is 4.07. The van der Waals surface area contributed by atoms with Gasteiger partial charge in [0.25, 0.3) is 0 Å². The first-order valence-corrected chi connectivity index (χ1v) is 8.78. The average molecular weight is 348 g/mol. The van der Waals surface area contributed by atoms with Crippen LogP contribution < -0.4 is 5.32 Å². The zero-order valence-electron chi connectivity index (χ0n) is 14.9. The zero-order valence-corrected chi connectivity index (χ0v) is 15.7. The number of nitrogens with one attached hydrogen (secondary N) is 1. The third kappa shape index (κ3) is 5.10.